The fourth-order valence-corrected chi connectivity index (χ4v) is 4.15. The molecule has 1 aliphatic rings. The predicted molar refractivity (Wildman–Crippen MR) is 80.2 cm³/mol. The van der Waals surface area contributed by atoms with Gasteiger partial charge in [0.1, 0.15) is 0 Å². The third kappa shape index (κ3) is 3.30. The average molecular weight is 297 g/mol. The fourth-order valence-electron chi connectivity index (χ4n) is 2.48. The van der Waals surface area contributed by atoms with E-state index in [1.165, 1.54) is 6.20 Å². The number of nitrogens with one attached hydrogen (secondary N) is 1. The number of nitrogens with zero attached hydrogens (tertiary/aromatic N) is 2. The van der Waals surface area contributed by atoms with Crippen LogP contribution in [-0.4, -0.2) is 37.3 Å². The van der Waals surface area contributed by atoms with Gasteiger partial charge in [-0.3, -0.25) is 0 Å². The molecule has 112 valence electrons. The van der Waals surface area contributed by atoms with Gasteiger partial charge in [0.05, 0.1) is 5.69 Å². The number of pyridine rings is 1. The van der Waals surface area contributed by atoms with Gasteiger partial charge in [-0.05, 0) is 37.3 Å². The van der Waals surface area contributed by atoms with Gasteiger partial charge in [-0.15, -0.1) is 0 Å². The second kappa shape index (κ2) is 6.54. The van der Waals surface area contributed by atoms with Gasteiger partial charge in [0, 0.05) is 25.8 Å². The monoisotopic (exact) mass is 297 g/mol. The zero-order valence-electron chi connectivity index (χ0n) is 12.2. The molecule has 1 unspecified atom stereocenters. The van der Waals surface area contributed by atoms with Crippen LogP contribution >= 0.6 is 0 Å². The number of aromatic nitrogens is 1. The molecule has 2 heterocycles. The summed E-state index contributed by atoms with van der Waals surface area (Å²) in [7, 11) is -3.50. The lowest BCUT2D eigenvalue weighted by molar-refractivity contribution is 0.280. The lowest BCUT2D eigenvalue weighted by Crippen LogP contribution is -2.39. The van der Waals surface area contributed by atoms with Gasteiger partial charge < -0.3 is 5.32 Å². The van der Waals surface area contributed by atoms with Gasteiger partial charge in [-0.25, -0.2) is 13.4 Å². The lowest BCUT2D eigenvalue weighted by Gasteiger charge is -2.30. The second-order valence-electron chi connectivity index (χ2n) is 5.39. The van der Waals surface area contributed by atoms with E-state index < -0.39 is 10.0 Å². The minimum Gasteiger partial charge on any atom is -0.383 e. The Labute approximate surface area is 121 Å². The van der Waals surface area contributed by atoms with E-state index in [1.54, 1.807) is 16.4 Å². The summed E-state index contributed by atoms with van der Waals surface area (Å²) in [5.74, 6) is 0.411. The number of hydrogen-bond acceptors (Lipinski definition) is 4. The molecule has 5 nitrogen and oxygen atoms in total. The molecule has 0 radical (unpaired) electrons. The quantitative estimate of drug-likeness (QED) is 0.906. The van der Waals surface area contributed by atoms with E-state index >= 15 is 0 Å². The molecule has 1 aliphatic heterocycles. The van der Waals surface area contributed by atoms with Crippen molar-refractivity contribution in [2.75, 3.05) is 25.0 Å². The minimum absolute atomic E-state index is 0.155. The molecule has 1 fully saturated rings. The summed E-state index contributed by atoms with van der Waals surface area (Å²) in [6, 6.07) is 3.54. The standard InChI is InChI=1S/C14H23N3O2S/c1-3-8-15-13-7-4-9-16-14(13)20(18,19)17-10-5-6-12(2)11-17/h4,7,9,12,15H,3,5-6,8,10-11H2,1-2H3. The number of rotatable bonds is 5. The van der Waals surface area contributed by atoms with Gasteiger partial charge in [0.15, 0.2) is 5.03 Å². The maximum absolute atomic E-state index is 12.7. The van der Waals surface area contributed by atoms with Crippen LogP contribution in [0.1, 0.15) is 33.1 Å². The number of piperidine rings is 1. The number of anilines is 1. The molecule has 1 saturated heterocycles. The SMILES string of the molecule is CCCNc1cccnc1S(=O)(=O)N1CCCC(C)C1. The Bertz CT molecular complexity index is 545. The largest absolute Gasteiger partial charge is 0.383 e. The van der Waals surface area contributed by atoms with Gasteiger partial charge in [-0.2, -0.15) is 4.31 Å². The molecule has 1 aromatic heterocycles. The van der Waals surface area contributed by atoms with E-state index in [0.717, 1.165) is 25.8 Å². The fraction of sp³-hybridized carbons (Fsp3) is 0.643. The lowest BCUT2D eigenvalue weighted by atomic mass is 10.0. The molecule has 0 saturated carbocycles. The Morgan fingerprint density at radius 3 is 3.00 bits per heavy atom. The predicted octanol–water partition coefficient (Wildman–Crippen LogP) is 2.32. The molecule has 0 spiro atoms. The van der Waals surface area contributed by atoms with Crippen molar-refractivity contribution < 1.29 is 8.42 Å². The first-order valence-electron chi connectivity index (χ1n) is 7.24. The highest BCUT2D eigenvalue weighted by atomic mass is 32.2. The van der Waals surface area contributed by atoms with Gasteiger partial charge in [0.2, 0.25) is 0 Å². The molecule has 0 amide bonds. The zero-order valence-corrected chi connectivity index (χ0v) is 13.0. The molecule has 1 aromatic rings. The Kier molecular flexibility index (Phi) is 4.99. The molecule has 2 rings (SSSR count). The Morgan fingerprint density at radius 2 is 2.30 bits per heavy atom. The smallest absolute Gasteiger partial charge is 0.262 e. The van der Waals surface area contributed by atoms with Crippen molar-refractivity contribution in [1.82, 2.24) is 9.29 Å². The maximum atomic E-state index is 12.7. The Balaban J connectivity index is 2.29. The summed E-state index contributed by atoms with van der Waals surface area (Å²) in [6.07, 6.45) is 4.49. The van der Waals surface area contributed by atoms with Crippen molar-refractivity contribution in [2.24, 2.45) is 5.92 Å². The molecule has 0 aliphatic carbocycles. The Morgan fingerprint density at radius 1 is 1.50 bits per heavy atom. The molecule has 20 heavy (non-hydrogen) atoms. The van der Waals surface area contributed by atoms with Crippen LogP contribution in [0, 0.1) is 5.92 Å². The molecule has 0 aromatic carbocycles. The molecule has 1 N–H and O–H groups in total. The van der Waals surface area contributed by atoms with Crippen molar-refractivity contribution >= 4 is 15.7 Å². The maximum Gasteiger partial charge on any atom is 0.262 e. The first-order chi connectivity index (χ1) is 9.55. The summed E-state index contributed by atoms with van der Waals surface area (Å²) in [4.78, 5) is 4.11. The Hall–Kier alpha value is -1.14. The van der Waals surface area contributed by atoms with Gasteiger partial charge >= 0.3 is 0 Å². The highest BCUT2D eigenvalue weighted by Gasteiger charge is 2.31. The van der Waals surface area contributed by atoms with Crippen LogP contribution in [-0.2, 0) is 10.0 Å². The van der Waals surface area contributed by atoms with E-state index in [9.17, 15) is 8.42 Å². The van der Waals surface area contributed by atoms with Crippen LogP contribution in [0.15, 0.2) is 23.4 Å². The van der Waals surface area contributed by atoms with E-state index in [2.05, 4.69) is 17.2 Å². The minimum atomic E-state index is -3.50. The van der Waals surface area contributed by atoms with Gasteiger partial charge in [-0.1, -0.05) is 13.8 Å². The summed E-state index contributed by atoms with van der Waals surface area (Å²) < 4.78 is 27.1. The van der Waals surface area contributed by atoms with Crippen LogP contribution in [0.25, 0.3) is 0 Å². The van der Waals surface area contributed by atoms with Crippen LogP contribution in [0.5, 0.6) is 0 Å². The van der Waals surface area contributed by atoms with Crippen molar-refractivity contribution in [1.29, 1.82) is 0 Å². The zero-order chi connectivity index (χ0) is 14.6. The van der Waals surface area contributed by atoms with Crippen molar-refractivity contribution in [3.8, 4) is 0 Å². The van der Waals surface area contributed by atoms with Crippen LogP contribution in [0.3, 0.4) is 0 Å². The third-order valence-electron chi connectivity index (χ3n) is 3.54. The number of sulfonamides is 1. The molecule has 0 bridgehead atoms. The normalized spacial score (nSPS) is 20.8. The average Bonchev–Trinajstić information content (AvgIpc) is 2.45. The van der Waals surface area contributed by atoms with E-state index in [4.69, 9.17) is 0 Å². The molecule has 1 atom stereocenters. The van der Waals surface area contributed by atoms with Crippen LogP contribution in [0.4, 0.5) is 5.69 Å². The molecular formula is C14H23N3O2S. The topological polar surface area (TPSA) is 62.3 Å². The molecule has 6 heteroatoms. The highest BCUT2D eigenvalue weighted by molar-refractivity contribution is 7.89. The highest BCUT2D eigenvalue weighted by Crippen LogP contribution is 2.26. The van der Waals surface area contributed by atoms with E-state index in [1.807, 2.05) is 6.92 Å². The third-order valence-corrected chi connectivity index (χ3v) is 5.37. The van der Waals surface area contributed by atoms with E-state index in [-0.39, 0.29) is 5.03 Å². The van der Waals surface area contributed by atoms with Crippen molar-refractivity contribution in [3.05, 3.63) is 18.3 Å². The van der Waals surface area contributed by atoms with Crippen molar-refractivity contribution in [3.63, 3.8) is 0 Å². The second-order valence-corrected chi connectivity index (χ2v) is 7.25. The van der Waals surface area contributed by atoms with E-state index in [0.29, 0.717) is 24.7 Å². The van der Waals surface area contributed by atoms with Gasteiger partial charge in [0.25, 0.3) is 10.0 Å². The number of hydrogen-bond donors (Lipinski definition) is 1. The summed E-state index contributed by atoms with van der Waals surface area (Å²) in [6.45, 7) is 6.06. The summed E-state index contributed by atoms with van der Waals surface area (Å²) >= 11 is 0. The molecular weight excluding hydrogens is 274 g/mol. The van der Waals surface area contributed by atoms with Crippen molar-refractivity contribution in [2.45, 2.75) is 38.1 Å². The first-order valence-corrected chi connectivity index (χ1v) is 8.68. The summed E-state index contributed by atoms with van der Waals surface area (Å²) in [5.41, 5.74) is 0.604. The van der Waals surface area contributed by atoms with Crippen LogP contribution < -0.4 is 5.32 Å². The summed E-state index contributed by atoms with van der Waals surface area (Å²) in [5, 5.41) is 3.31. The first kappa shape index (κ1) is 15.3. The van der Waals surface area contributed by atoms with Crippen LogP contribution in [0.2, 0.25) is 0 Å².